The number of ether oxygens (including phenoxy) is 4. The summed E-state index contributed by atoms with van der Waals surface area (Å²) < 4.78 is 55.2. The summed E-state index contributed by atoms with van der Waals surface area (Å²) in [6, 6.07) is 5.60. The average Bonchev–Trinajstić information content (AvgIpc) is 3.81. The number of aliphatic hydroxyl groups is 1. The molecule has 3 N–H and O–H groups in total. The Labute approximate surface area is 319 Å². The third-order valence-corrected chi connectivity index (χ3v) is 12.1. The second-order valence-electron chi connectivity index (χ2n) is 15.7. The van der Waals surface area contributed by atoms with Crippen molar-refractivity contribution in [3.63, 3.8) is 0 Å². The Morgan fingerprint density at radius 2 is 2.00 bits per heavy atom. The standard InChI is InChI=1S/C41H49F2N5O7/c1-6-29-31(43)11-10-25-18-28(49)19-30(34(25)29)32-22-53-35-36(44-23-40(14-8-9-15-40)47(5)33(50)7-2)45-38(46-37(35)55-32)54-24-41(39(3,4)51)20-26(42)21-48(41)27-12-16-52-17-13-27/h1,7,10-11,18-19,26-27,32,49,51H,2,8-9,12-17,20-24H2,3-5H3,(H,44,45,46)/t26-,32?,41+/m1/s1. The first-order chi connectivity index (χ1) is 26.3. The molecule has 3 aromatic rings. The average molecular weight is 762 g/mol. The highest BCUT2D eigenvalue weighted by Gasteiger charge is 2.57. The number of anilines is 1. The number of aromatic nitrogens is 2. The van der Waals surface area contributed by atoms with Crippen molar-refractivity contribution in [2.75, 3.05) is 51.9 Å². The molecule has 1 saturated carbocycles. The summed E-state index contributed by atoms with van der Waals surface area (Å²) in [5.74, 6) is 2.00. The number of nitrogens with one attached hydrogen (secondary N) is 1. The third kappa shape index (κ3) is 7.14. The second-order valence-corrected chi connectivity index (χ2v) is 15.7. The molecular weight excluding hydrogens is 712 g/mol. The molecule has 1 aromatic heterocycles. The molecule has 3 atom stereocenters. The Kier molecular flexibility index (Phi) is 10.6. The Morgan fingerprint density at radius 1 is 1.25 bits per heavy atom. The number of fused-ring (bicyclic) bond motifs is 2. The minimum atomic E-state index is -1.39. The van der Waals surface area contributed by atoms with Crippen LogP contribution in [0.1, 0.15) is 76.0 Å². The van der Waals surface area contributed by atoms with Crippen LogP contribution in [-0.4, -0.2) is 111 Å². The number of likely N-dealkylation sites (N-methyl/N-ethyl adjacent to an activating group) is 1. The number of hydrogen-bond acceptors (Lipinski definition) is 11. The highest BCUT2D eigenvalue weighted by atomic mass is 19.1. The van der Waals surface area contributed by atoms with Gasteiger partial charge in [0, 0.05) is 56.8 Å². The maximum Gasteiger partial charge on any atom is 0.322 e. The van der Waals surface area contributed by atoms with Crippen molar-refractivity contribution >= 4 is 22.5 Å². The molecule has 14 heteroatoms. The van der Waals surface area contributed by atoms with E-state index in [4.69, 9.17) is 30.4 Å². The Hall–Kier alpha value is -4.71. The summed E-state index contributed by atoms with van der Waals surface area (Å²) in [4.78, 5) is 25.9. The first-order valence-corrected chi connectivity index (χ1v) is 18.9. The topological polar surface area (TPSA) is 139 Å². The fraction of sp³-hybridized carbons (Fsp3) is 0.537. The number of nitrogens with zero attached hydrogens (tertiary/aromatic N) is 4. The van der Waals surface area contributed by atoms with Crippen LogP contribution >= 0.6 is 0 Å². The van der Waals surface area contributed by atoms with Gasteiger partial charge in [-0.15, -0.1) is 6.42 Å². The molecule has 0 radical (unpaired) electrons. The maximum absolute atomic E-state index is 15.4. The Morgan fingerprint density at radius 3 is 2.69 bits per heavy atom. The van der Waals surface area contributed by atoms with Gasteiger partial charge in [0.1, 0.15) is 31.0 Å². The molecule has 4 aliphatic rings. The van der Waals surface area contributed by atoms with Crippen LogP contribution in [0.25, 0.3) is 10.8 Å². The van der Waals surface area contributed by atoms with E-state index in [9.17, 15) is 19.4 Å². The lowest BCUT2D eigenvalue weighted by Gasteiger charge is -2.49. The van der Waals surface area contributed by atoms with Crippen molar-refractivity contribution < 1.29 is 42.7 Å². The van der Waals surface area contributed by atoms with E-state index in [1.165, 1.54) is 30.3 Å². The number of carbonyl (C=O) groups excluding carboxylic acids is 1. The van der Waals surface area contributed by atoms with Crippen LogP contribution in [0, 0.1) is 18.2 Å². The van der Waals surface area contributed by atoms with Crippen molar-refractivity contribution in [3.8, 4) is 35.7 Å². The van der Waals surface area contributed by atoms with Gasteiger partial charge in [0.2, 0.25) is 11.7 Å². The number of phenols is 1. The highest BCUT2D eigenvalue weighted by Crippen LogP contribution is 2.46. The molecule has 12 nitrogen and oxygen atoms in total. The zero-order chi connectivity index (χ0) is 39.1. The first-order valence-electron chi connectivity index (χ1n) is 18.9. The molecule has 3 aliphatic heterocycles. The predicted molar refractivity (Wildman–Crippen MR) is 202 cm³/mol. The molecule has 4 heterocycles. The summed E-state index contributed by atoms with van der Waals surface area (Å²) in [6.07, 6.45) is 9.78. The molecule has 2 saturated heterocycles. The molecule has 55 heavy (non-hydrogen) atoms. The molecule has 0 spiro atoms. The largest absolute Gasteiger partial charge is 0.508 e. The number of phenolic OH excluding ortho intramolecular Hbond substituents is 1. The number of benzene rings is 2. The van der Waals surface area contributed by atoms with Crippen molar-refractivity contribution in [2.45, 2.75) is 93.8 Å². The maximum atomic E-state index is 15.4. The van der Waals surface area contributed by atoms with Crippen LogP contribution in [0.3, 0.4) is 0 Å². The van der Waals surface area contributed by atoms with E-state index in [0.29, 0.717) is 48.9 Å². The van der Waals surface area contributed by atoms with Crippen molar-refractivity contribution in [3.05, 3.63) is 53.9 Å². The van der Waals surface area contributed by atoms with E-state index in [0.717, 1.165) is 25.7 Å². The molecule has 2 aromatic carbocycles. The lowest BCUT2D eigenvalue weighted by molar-refractivity contribution is -0.129. The number of rotatable bonds is 11. The molecule has 1 unspecified atom stereocenters. The van der Waals surface area contributed by atoms with Crippen LogP contribution in [-0.2, 0) is 9.53 Å². The molecule has 0 bridgehead atoms. The summed E-state index contributed by atoms with van der Waals surface area (Å²) in [5.41, 5.74) is -2.63. The van der Waals surface area contributed by atoms with Gasteiger partial charge >= 0.3 is 6.01 Å². The number of aromatic hydroxyl groups is 1. The van der Waals surface area contributed by atoms with E-state index < -0.39 is 34.8 Å². The van der Waals surface area contributed by atoms with E-state index in [1.807, 2.05) is 4.90 Å². The van der Waals surface area contributed by atoms with Gasteiger partial charge in [-0.05, 0) is 69.2 Å². The van der Waals surface area contributed by atoms with Crippen molar-refractivity contribution in [2.24, 2.45) is 0 Å². The molecule has 1 amide bonds. The summed E-state index contributed by atoms with van der Waals surface area (Å²) in [5, 5.41) is 26.6. The second kappa shape index (κ2) is 15.1. The molecule has 7 rings (SSSR count). The zero-order valence-electron chi connectivity index (χ0n) is 31.6. The van der Waals surface area contributed by atoms with Crippen LogP contribution in [0.5, 0.6) is 23.4 Å². The fourth-order valence-electron chi connectivity index (χ4n) is 8.96. The van der Waals surface area contributed by atoms with Gasteiger partial charge in [0.25, 0.3) is 5.88 Å². The van der Waals surface area contributed by atoms with Gasteiger partial charge < -0.3 is 39.4 Å². The van der Waals surface area contributed by atoms with E-state index in [-0.39, 0.29) is 72.9 Å². The van der Waals surface area contributed by atoms with E-state index >= 15 is 4.39 Å². The number of hydrogen-bond donors (Lipinski definition) is 3. The number of amides is 1. The van der Waals surface area contributed by atoms with E-state index in [1.54, 1.807) is 25.8 Å². The van der Waals surface area contributed by atoms with Gasteiger partial charge in [-0.2, -0.15) is 9.97 Å². The van der Waals surface area contributed by atoms with Crippen LogP contribution in [0.15, 0.2) is 36.9 Å². The van der Waals surface area contributed by atoms with Crippen LogP contribution in [0.4, 0.5) is 14.6 Å². The van der Waals surface area contributed by atoms with Gasteiger partial charge in [-0.3, -0.25) is 9.69 Å². The van der Waals surface area contributed by atoms with E-state index in [2.05, 4.69) is 22.8 Å². The number of halogens is 2. The molecular formula is C41H49F2N5O7. The minimum absolute atomic E-state index is 0.00304. The summed E-state index contributed by atoms with van der Waals surface area (Å²) in [7, 11) is 1.76. The van der Waals surface area contributed by atoms with Gasteiger partial charge in [0.15, 0.2) is 11.9 Å². The highest BCUT2D eigenvalue weighted by molar-refractivity contribution is 5.93. The number of likely N-dealkylation sites (tertiary alicyclic amines) is 1. The van der Waals surface area contributed by atoms with Crippen LogP contribution in [0.2, 0.25) is 0 Å². The fourth-order valence-corrected chi connectivity index (χ4v) is 8.96. The number of terminal acetylenes is 1. The predicted octanol–water partition coefficient (Wildman–Crippen LogP) is 5.45. The summed E-state index contributed by atoms with van der Waals surface area (Å²) >= 11 is 0. The van der Waals surface area contributed by atoms with Gasteiger partial charge in [0.05, 0.1) is 22.2 Å². The van der Waals surface area contributed by atoms with Crippen molar-refractivity contribution in [1.82, 2.24) is 19.8 Å². The Balaban J connectivity index is 1.26. The van der Waals surface area contributed by atoms with Gasteiger partial charge in [-0.25, -0.2) is 8.78 Å². The number of alkyl halides is 1. The molecule has 294 valence electrons. The smallest absolute Gasteiger partial charge is 0.322 e. The SMILES string of the molecule is C#Cc1c(F)ccc2cc(O)cc(C3COc4c(NCC5(N(C)C(=O)C=C)CCCC5)nc(OC[C@]5(C(C)(C)O)C[C@@H](F)CN5C5CCOCC5)nc4O3)c12. The number of carbonyl (C=O) groups is 1. The molecule has 3 fully saturated rings. The van der Waals surface area contributed by atoms with Crippen molar-refractivity contribution in [1.29, 1.82) is 0 Å². The third-order valence-electron chi connectivity index (χ3n) is 12.1. The Bertz CT molecular complexity index is 1990. The lowest BCUT2D eigenvalue weighted by Crippen LogP contribution is -2.65. The monoisotopic (exact) mass is 761 g/mol. The first kappa shape index (κ1) is 38.6. The molecule has 1 aliphatic carbocycles. The zero-order valence-corrected chi connectivity index (χ0v) is 31.6. The van der Waals surface area contributed by atoms with Gasteiger partial charge in [-0.1, -0.05) is 31.4 Å². The minimum Gasteiger partial charge on any atom is -0.508 e. The van der Waals surface area contributed by atoms with Crippen LogP contribution < -0.4 is 19.5 Å². The quantitative estimate of drug-likeness (QED) is 0.170. The lowest BCUT2D eigenvalue weighted by atomic mass is 9.79. The summed E-state index contributed by atoms with van der Waals surface area (Å²) in [6.45, 7) is 8.35. The normalized spacial score (nSPS) is 24.0.